The van der Waals surface area contributed by atoms with Crippen LogP contribution in [0.15, 0.2) is 66.7 Å². The Labute approximate surface area is 176 Å². The van der Waals surface area contributed by atoms with Gasteiger partial charge in [0.2, 0.25) is 0 Å². The fourth-order valence-corrected chi connectivity index (χ4v) is 4.70. The summed E-state index contributed by atoms with van der Waals surface area (Å²) in [5.41, 5.74) is 1.93. The molecular formula is C25H27FN2O2. The molecule has 30 heavy (non-hydrogen) atoms. The summed E-state index contributed by atoms with van der Waals surface area (Å²) in [6, 6.07) is 20.5. The quantitative estimate of drug-likeness (QED) is 0.595. The summed E-state index contributed by atoms with van der Waals surface area (Å²) < 4.78 is 13.8. The first-order chi connectivity index (χ1) is 14.5. The summed E-state index contributed by atoms with van der Waals surface area (Å²) in [5, 5.41) is 15.6. The number of piperidine rings is 1. The molecule has 1 fully saturated rings. The lowest BCUT2D eigenvalue weighted by atomic mass is 9.81. The van der Waals surface area contributed by atoms with E-state index in [0.29, 0.717) is 6.54 Å². The fraction of sp³-hybridized carbons (Fsp3) is 0.320. The van der Waals surface area contributed by atoms with E-state index in [4.69, 9.17) is 0 Å². The van der Waals surface area contributed by atoms with Crippen LogP contribution in [0.4, 0.5) is 9.18 Å². The zero-order valence-electron chi connectivity index (χ0n) is 17.1. The molecule has 2 unspecified atom stereocenters. The predicted molar refractivity (Wildman–Crippen MR) is 117 cm³/mol. The number of benzene rings is 3. The van der Waals surface area contributed by atoms with Crippen LogP contribution in [-0.4, -0.2) is 35.7 Å². The van der Waals surface area contributed by atoms with Gasteiger partial charge in [0.25, 0.3) is 0 Å². The summed E-state index contributed by atoms with van der Waals surface area (Å²) in [6.07, 6.45) is -0.0697. The maximum Gasteiger partial charge on any atom is 0.407 e. The Morgan fingerprint density at radius 2 is 1.93 bits per heavy atom. The molecule has 1 saturated heterocycles. The average molecular weight is 407 g/mol. The molecule has 1 amide bonds. The lowest BCUT2D eigenvalue weighted by Crippen LogP contribution is -2.43. The van der Waals surface area contributed by atoms with E-state index in [1.807, 2.05) is 55.5 Å². The number of hydrogen-bond donors (Lipinski definition) is 2. The number of carbonyl (C=O) groups is 1. The van der Waals surface area contributed by atoms with Gasteiger partial charge in [-0.05, 0) is 59.8 Å². The zero-order chi connectivity index (χ0) is 21.1. The van der Waals surface area contributed by atoms with Gasteiger partial charge in [-0.3, -0.25) is 0 Å². The van der Waals surface area contributed by atoms with Crippen LogP contribution in [-0.2, 0) is 0 Å². The van der Waals surface area contributed by atoms with Crippen LogP contribution in [0.25, 0.3) is 10.8 Å². The van der Waals surface area contributed by atoms with E-state index < -0.39 is 6.09 Å². The second kappa shape index (κ2) is 8.84. The third-order valence-electron chi connectivity index (χ3n) is 6.32. The van der Waals surface area contributed by atoms with Gasteiger partial charge in [0, 0.05) is 19.0 Å². The molecule has 1 aliphatic rings. The molecule has 0 bridgehead atoms. The Morgan fingerprint density at radius 1 is 1.17 bits per heavy atom. The summed E-state index contributed by atoms with van der Waals surface area (Å²) in [6.45, 7) is 3.94. The molecule has 3 atom stereocenters. The van der Waals surface area contributed by atoms with E-state index in [1.54, 1.807) is 17.0 Å². The Hall–Kier alpha value is -2.92. The van der Waals surface area contributed by atoms with Gasteiger partial charge >= 0.3 is 6.09 Å². The van der Waals surface area contributed by atoms with Crippen LogP contribution in [0, 0.1) is 11.7 Å². The van der Waals surface area contributed by atoms with Gasteiger partial charge in [0.15, 0.2) is 0 Å². The molecular weight excluding hydrogens is 379 g/mol. The van der Waals surface area contributed by atoms with Crippen molar-refractivity contribution in [1.82, 2.24) is 10.2 Å². The van der Waals surface area contributed by atoms with Crippen LogP contribution in [0.5, 0.6) is 0 Å². The topological polar surface area (TPSA) is 52.6 Å². The molecule has 3 aromatic carbocycles. The van der Waals surface area contributed by atoms with Crippen molar-refractivity contribution in [1.29, 1.82) is 0 Å². The summed E-state index contributed by atoms with van der Waals surface area (Å²) in [5.74, 6) is -0.0476. The van der Waals surface area contributed by atoms with Gasteiger partial charge in [-0.15, -0.1) is 0 Å². The highest BCUT2D eigenvalue weighted by molar-refractivity contribution is 5.86. The molecule has 3 aromatic rings. The monoisotopic (exact) mass is 406 g/mol. The van der Waals surface area contributed by atoms with Crippen molar-refractivity contribution in [2.75, 3.05) is 19.6 Å². The van der Waals surface area contributed by atoms with Gasteiger partial charge in [0.05, 0.1) is 6.04 Å². The van der Waals surface area contributed by atoms with Crippen molar-refractivity contribution < 1.29 is 14.3 Å². The molecule has 4 rings (SSSR count). The third-order valence-corrected chi connectivity index (χ3v) is 6.32. The molecule has 4 nitrogen and oxygen atoms in total. The highest BCUT2D eigenvalue weighted by Gasteiger charge is 2.32. The van der Waals surface area contributed by atoms with Gasteiger partial charge < -0.3 is 15.3 Å². The van der Waals surface area contributed by atoms with Crippen LogP contribution >= 0.6 is 0 Å². The Bertz CT molecular complexity index is 1030. The number of fused-ring (bicyclic) bond motifs is 1. The summed E-state index contributed by atoms with van der Waals surface area (Å²) in [7, 11) is 0. The molecule has 0 spiro atoms. The van der Waals surface area contributed by atoms with E-state index in [9.17, 15) is 14.3 Å². The van der Waals surface area contributed by atoms with E-state index in [1.165, 1.54) is 6.07 Å². The van der Waals surface area contributed by atoms with Crippen LogP contribution in [0.3, 0.4) is 0 Å². The lowest BCUT2D eigenvalue weighted by molar-refractivity contribution is 0.109. The first kappa shape index (κ1) is 20.4. The molecule has 0 radical (unpaired) electrons. The number of rotatable bonds is 5. The molecule has 0 aromatic heterocycles. The SMILES string of the molecule is C[C@H](c1cccc2ccccc12)N(CC1CCNCC1c1cccc(F)c1)C(=O)O. The number of nitrogens with zero attached hydrogens (tertiary/aromatic N) is 1. The molecule has 0 aliphatic carbocycles. The van der Waals surface area contributed by atoms with Gasteiger partial charge in [0.1, 0.15) is 5.82 Å². The molecule has 1 heterocycles. The number of hydrogen-bond acceptors (Lipinski definition) is 2. The summed E-state index contributed by atoms with van der Waals surface area (Å²) in [4.78, 5) is 13.8. The van der Waals surface area contributed by atoms with Crippen LogP contribution in [0.2, 0.25) is 0 Å². The van der Waals surface area contributed by atoms with Crippen molar-refractivity contribution >= 4 is 16.9 Å². The Kier molecular flexibility index (Phi) is 6.00. The third kappa shape index (κ3) is 4.17. The van der Waals surface area contributed by atoms with E-state index in [2.05, 4.69) is 5.32 Å². The Balaban J connectivity index is 1.63. The molecule has 5 heteroatoms. The van der Waals surface area contributed by atoms with Crippen molar-refractivity contribution in [3.63, 3.8) is 0 Å². The first-order valence-electron chi connectivity index (χ1n) is 10.5. The summed E-state index contributed by atoms with van der Waals surface area (Å²) >= 11 is 0. The molecule has 1 aliphatic heterocycles. The number of carboxylic acid groups (broad SMARTS) is 1. The second-order valence-electron chi connectivity index (χ2n) is 8.09. The minimum absolute atomic E-state index is 0.0796. The maximum absolute atomic E-state index is 13.8. The van der Waals surface area contributed by atoms with Crippen molar-refractivity contribution in [2.45, 2.75) is 25.3 Å². The molecule has 156 valence electrons. The largest absolute Gasteiger partial charge is 0.465 e. The molecule has 2 N–H and O–H groups in total. The van der Waals surface area contributed by atoms with Crippen molar-refractivity contribution in [3.8, 4) is 0 Å². The normalized spacial score (nSPS) is 20.1. The van der Waals surface area contributed by atoms with Crippen molar-refractivity contribution in [3.05, 3.63) is 83.7 Å². The number of amides is 1. The standard InChI is InChI=1S/C25H27FN2O2/c1-17(22-11-5-7-18-6-2-3-10-23(18)22)28(25(29)30)16-20-12-13-27-15-24(20)19-8-4-9-21(26)14-19/h2-11,14,17,20,24,27H,12-13,15-16H2,1H3,(H,29,30)/t17-,20?,24?/m1/s1. The van der Waals surface area contributed by atoms with Crippen molar-refractivity contribution in [2.24, 2.45) is 5.92 Å². The minimum atomic E-state index is -0.924. The van der Waals surface area contributed by atoms with Crippen LogP contribution in [0.1, 0.15) is 36.4 Å². The lowest BCUT2D eigenvalue weighted by Gasteiger charge is -2.37. The van der Waals surface area contributed by atoms with E-state index in [0.717, 1.165) is 41.4 Å². The molecule has 0 saturated carbocycles. The zero-order valence-corrected chi connectivity index (χ0v) is 17.1. The fourth-order valence-electron chi connectivity index (χ4n) is 4.70. The smallest absolute Gasteiger partial charge is 0.407 e. The first-order valence-corrected chi connectivity index (χ1v) is 10.5. The second-order valence-corrected chi connectivity index (χ2v) is 8.09. The maximum atomic E-state index is 13.8. The number of halogens is 1. The highest BCUT2D eigenvalue weighted by atomic mass is 19.1. The predicted octanol–water partition coefficient (Wildman–Crippen LogP) is 5.41. The van der Waals surface area contributed by atoms with Crippen LogP contribution < -0.4 is 5.32 Å². The van der Waals surface area contributed by atoms with E-state index >= 15 is 0 Å². The minimum Gasteiger partial charge on any atom is -0.465 e. The average Bonchev–Trinajstić information content (AvgIpc) is 2.76. The van der Waals surface area contributed by atoms with Gasteiger partial charge in [-0.2, -0.15) is 0 Å². The number of nitrogens with one attached hydrogen (secondary N) is 1. The highest BCUT2D eigenvalue weighted by Crippen LogP contribution is 2.34. The van der Waals surface area contributed by atoms with Gasteiger partial charge in [-0.25, -0.2) is 9.18 Å². The van der Waals surface area contributed by atoms with Gasteiger partial charge in [-0.1, -0.05) is 54.6 Å². The van der Waals surface area contributed by atoms with E-state index in [-0.39, 0.29) is 23.7 Å². The Morgan fingerprint density at radius 3 is 2.73 bits per heavy atom.